The Morgan fingerprint density at radius 2 is 2.44 bits per heavy atom. The van der Waals surface area contributed by atoms with Crippen LogP contribution in [0.2, 0.25) is 0 Å². The first-order valence-electron chi connectivity index (χ1n) is 3.15. The zero-order valence-corrected chi connectivity index (χ0v) is 5.60. The Hall–Kier alpha value is -0.150. The highest BCUT2D eigenvalue weighted by Gasteiger charge is 2.35. The Bertz CT molecular complexity index is 109. The molecule has 0 saturated carbocycles. The van der Waals surface area contributed by atoms with Crippen molar-refractivity contribution in [3.63, 3.8) is 0 Å². The lowest BCUT2D eigenvalue weighted by atomic mass is 10.1. The Balaban J connectivity index is 2.45. The number of alkyl halides is 1. The van der Waals surface area contributed by atoms with Crippen LogP contribution < -0.4 is 0 Å². The van der Waals surface area contributed by atoms with Crippen LogP contribution in [-0.2, 0) is 0 Å². The van der Waals surface area contributed by atoms with E-state index in [9.17, 15) is 4.39 Å². The summed E-state index contributed by atoms with van der Waals surface area (Å²) in [7, 11) is 1.86. The third-order valence-electron chi connectivity index (χ3n) is 1.78. The predicted octanol–water partition coefficient (Wildman–Crippen LogP) is 0.0225. The van der Waals surface area contributed by atoms with E-state index >= 15 is 0 Å². The lowest BCUT2D eigenvalue weighted by molar-refractivity contribution is 0.0805. The van der Waals surface area contributed by atoms with E-state index in [1.165, 1.54) is 0 Å². The van der Waals surface area contributed by atoms with Crippen LogP contribution in [0.5, 0.6) is 0 Å². The summed E-state index contributed by atoms with van der Waals surface area (Å²) in [6, 6.07) is 0. The molecule has 1 saturated heterocycles. The highest BCUT2D eigenvalue weighted by Crippen LogP contribution is 2.23. The van der Waals surface area contributed by atoms with E-state index in [4.69, 9.17) is 5.11 Å². The van der Waals surface area contributed by atoms with Crippen LogP contribution in [0.25, 0.3) is 0 Å². The second-order valence-corrected chi connectivity index (χ2v) is 2.80. The molecule has 0 unspecified atom stereocenters. The number of nitrogens with zero attached hydrogens (tertiary/aromatic N) is 1. The fourth-order valence-electron chi connectivity index (χ4n) is 1.16. The van der Waals surface area contributed by atoms with E-state index in [-0.39, 0.29) is 6.61 Å². The van der Waals surface area contributed by atoms with Crippen LogP contribution in [0, 0.1) is 0 Å². The van der Waals surface area contributed by atoms with Crippen molar-refractivity contribution >= 4 is 0 Å². The third-order valence-corrected chi connectivity index (χ3v) is 1.78. The van der Waals surface area contributed by atoms with Gasteiger partial charge >= 0.3 is 0 Å². The molecule has 1 atom stereocenters. The largest absolute Gasteiger partial charge is 0.393 e. The smallest absolute Gasteiger partial charge is 0.147 e. The maximum absolute atomic E-state index is 13.0. The van der Waals surface area contributed by atoms with Gasteiger partial charge in [-0.3, -0.25) is 0 Å². The summed E-state index contributed by atoms with van der Waals surface area (Å²) < 4.78 is 13.0. The lowest BCUT2D eigenvalue weighted by Gasteiger charge is -2.14. The summed E-state index contributed by atoms with van der Waals surface area (Å²) >= 11 is 0. The molecule has 0 aliphatic carbocycles. The monoisotopic (exact) mass is 133 g/mol. The average molecular weight is 133 g/mol. The van der Waals surface area contributed by atoms with Crippen molar-refractivity contribution < 1.29 is 9.50 Å². The van der Waals surface area contributed by atoms with E-state index in [0.717, 1.165) is 6.54 Å². The van der Waals surface area contributed by atoms with Crippen molar-refractivity contribution in [2.75, 3.05) is 26.7 Å². The molecule has 9 heavy (non-hydrogen) atoms. The molecular formula is C6H12FNO. The summed E-state index contributed by atoms with van der Waals surface area (Å²) in [5, 5.41) is 8.54. The molecule has 1 fully saturated rings. The molecule has 0 aromatic rings. The SMILES string of the molecule is CN1CC[C@](F)(CO)C1. The standard InChI is InChI=1S/C6H12FNO/c1-8-3-2-6(7,4-8)5-9/h9H,2-5H2,1H3/t6-/m1/s1. The minimum atomic E-state index is -1.31. The van der Waals surface area contributed by atoms with Crippen LogP contribution >= 0.6 is 0 Å². The Kier molecular flexibility index (Phi) is 1.73. The van der Waals surface area contributed by atoms with Gasteiger partial charge in [0.05, 0.1) is 6.61 Å². The average Bonchev–Trinajstić information content (AvgIpc) is 2.13. The topological polar surface area (TPSA) is 23.5 Å². The lowest BCUT2D eigenvalue weighted by Crippen LogP contribution is -2.30. The van der Waals surface area contributed by atoms with Gasteiger partial charge in [-0.2, -0.15) is 0 Å². The van der Waals surface area contributed by atoms with Gasteiger partial charge in [-0.25, -0.2) is 4.39 Å². The highest BCUT2D eigenvalue weighted by molar-refractivity contribution is 4.88. The molecule has 54 valence electrons. The summed E-state index contributed by atoms with van der Waals surface area (Å²) in [6.07, 6.45) is 0.472. The van der Waals surface area contributed by atoms with Gasteiger partial charge < -0.3 is 10.0 Å². The summed E-state index contributed by atoms with van der Waals surface area (Å²) in [6.45, 7) is 0.803. The number of aliphatic hydroxyl groups is 1. The fourth-order valence-corrected chi connectivity index (χ4v) is 1.16. The number of rotatable bonds is 1. The van der Waals surface area contributed by atoms with Crippen LogP contribution in [0.1, 0.15) is 6.42 Å². The summed E-state index contributed by atoms with van der Waals surface area (Å²) in [5.74, 6) is 0. The van der Waals surface area contributed by atoms with Crippen molar-refractivity contribution in [2.24, 2.45) is 0 Å². The van der Waals surface area contributed by atoms with Gasteiger partial charge in [-0.15, -0.1) is 0 Å². The van der Waals surface area contributed by atoms with Crippen LogP contribution in [0.3, 0.4) is 0 Å². The maximum Gasteiger partial charge on any atom is 0.147 e. The zero-order valence-electron chi connectivity index (χ0n) is 5.60. The zero-order chi connectivity index (χ0) is 6.91. The Morgan fingerprint density at radius 3 is 2.67 bits per heavy atom. The van der Waals surface area contributed by atoms with E-state index < -0.39 is 5.67 Å². The van der Waals surface area contributed by atoms with Gasteiger partial charge in [0, 0.05) is 13.1 Å². The molecule has 0 radical (unpaired) electrons. The van der Waals surface area contributed by atoms with E-state index in [1.54, 1.807) is 0 Å². The minimum absolute atomic E-state index is 0.336. The van der Waals surface area contributed by atoms with Gasteiger partial charge in [-0.1, -0.05) is 0 Å². The predicted molar refractivity (Wildman–Crippen MR) is 33.0 cm³/mol. The van der Waals surface area contributed by atoms with Crippen molar-refractivity contribution in [3.8, 4) is 0 Å². The van der Waals surface area contributed by atoms with Crippen LogP contribution in [-0.4, -0.2) is 42.4 Å². The molecule has 1 heterocycles. The highest BCUT2D eigenvalue weighted by atomic mass is 19.1. The van der Waals surface area contributed by atoms with Crippen molar-refractivity contribution in [1.82, 2.24) is 4.90 Å². The molecule has 1 rings (SSSR count). The van der Waals surface area contributed by atoms with Gasteiger partial charge in [-0.05, 0) is 13.5 Å². The molecule has 1 N–H and O–H groups in total. The second-order valence-electron chi connectivity index (χ2n) is 2.80. The number of hydrogen-bond acceptors (Lipinski definition) is 2. The van der Waals surface area contributed by atoms with Crippen LogP contribution in [0.4, 0.5) is 4.39 Å². The minimum Gasteiger partial charge on any atom is -0.393 e. The van der Waals surface area contributed by atoms with Gasteiger partial charge in [0.25, 0.3) is 0 Å². The molecule has 0 spiro atoms. The molecule has 3 heteroatoms. The molecule has 1 aliphatic rings. The number of aliphatic hydroxyl groups excluding tert-OH is 1. The molecule has 0 aromatic carbocycles. The van der Waals surface area contributed by atoms with E-state index in [2.05, 4.69) is 0 Å². The molecule has 0 bridgehead atoms. The number of hydrogen-bond donors (Lipinski definition) is 1. The van der Waals surface area contributed by atoms with Crippen molar-refractivity contribution in [1.29, 1.82) is 0 Å². The van der Waals surface area contributed by atoms with Gasteiger partial charge in [0.2, 0.25) is 0 Å². The Morgan fingerprint density at radius 1 is 1.78 bits per heavy atom. The quantitative estimate of drug-likeness (QED) is 0.545. The maximum atomic E-state index is 13.0. The number of likely N-dealkylation sites (tertiary alicyclic amines) is 1. The summed E-state index contributed by atoms with van der Waals surface area (Å²) in [5.41, 5.74) is -1.31. The van der Waals surface area contributed by atoms with E-state index in [1.807, 2.05) is 11.9 Å². The Labute approximate surface area is 54.3 Å². The molecular weight excluding hydrogens is 121 g/mol. The first-order chi connectivity index (χ1) is 4.16. The molecule has 0 amide bonds. The molecule has 0 aromatic heterocycles. The van der Waals surface area contributed by atoms with Gasteiger partial charge in [0.15, 0.2) is 0 Å². The fraction of sp³-hybridized carbons (Fsp3) is 1.00. The van der Waals surface area contributed by atoms with Crippen molar-refractivity contribution in [2.45, 2.75) is 12.1 Å². The normalized spacial score (nSPS) is 37.7. The first kappa shape index (κ1) is 6.96. The van der Waals surface area contributed by atoms with Crippen LogP contribution in [0.15, 0.2) is 0 Å². The molecule has 2 nitrogen and oxygen atoms in total. The third kappa shape index (κ3) is 1.40. The molecule has 1 aliphatic heterocycles. The van der Waals surface area contributed by atoms with Crippen molar-refractivity contribution in [3.05, 3.63) is 0 Å². The summed E-state index contributed by atoms with van der Waals surface area (Å²) in [4.78, 5) is 1.89. The first-order valence-corrected chi connectivity index (χ1v) is 3.15. The van der Waals surface area contributed by atoms with E-state index in [0.29, 0.717) is 13.0 Å². The van der Waals surface area contributed by atoms with Gasteiger partial charge in [0.1, 0.15) is 5.67 Å². The second kappa shape index (κ2) is 2.23. The number of halogens is 1.